The van der Waals surface area contributed by atoms with E-state index in [0.717, 1.165) is 37.7 Å². The fourth-order valence-corrected chi connectivity index (χ4v) is 2.19. The molecule has 0 aromatic carbocycles. The van der Waals surface area contributed by atoms with Crippen LogP contribution in [0, 0.1) is 0 Å². The lowest BCUT2D eigenvalue weighted by molar-refractivity contribution is -0.119. The molecule has 0 atom stereocenters. The first-order valence-corrected chi connectivity index (χ1v) is 8.56. The molecule has 1 heterocycles. The second-order valence-electron chi connectivity index (χ2n) is 5.59. The third-order valence-electron chi connectivity index (χ3n) is 3.51. The molecule has 6 heteroatoms. The largest absolute Gasteiger partial charge is 0.467 e. The fraction of sp³-hybridized carbons (Fsp3) is 0.556. The van der Waals surface area contributed by atoms with E-state index in [0.29, 0.717) is 6.54 Å². The van der Waals surface area contributed by atoms with E-state index >= 15 is 0 Å². The van der Waals surface area contributed by atoms with Gasteiger partial charge in [-0.25, -0.2) is 4.99 Å². The summed E-state index contributed by atoms with van der Waals surface area (Å²) >= 11 is 0. The number of amides is 1. The number of unbranched alkanes of at least 4 members (excludes halogenated alkanes) is 3. The van der Waals surface area contributed by atoms with E-state index in [1.165, 1.54) is 12.8 Å². The number of nitrogens with zero attached hydrogens (tertiary/aromatic N) is 2. The van der Waals surface area contributed by atoms with Gasteiger partial charge in [-0.2, -0.15) is 0 Å². The van der Waals surface area contributed by atoms with Crippen LogP contribution in [0.4, 0.5) is 0 Å². The third kappa shape index (κ3) is 8.41. The summed E-state index contributed by atoms with van der Waals surface area (Å²) < 4.78 is 5.18. The molecule has 1 aromatic heterocycles. The molecule has 0 radical (unpaired) electrons. The highest BCUT2D eigenvalue weighted by Gasteiger charge is 2.07. The SMILES string of the molecule is C=CCCCCCN(C)C(=NCC(=O)NCc1ccco1)NCC. The van der Waals surface area contributed by atoms with Crippen molar-refractivity contribution in [1.82, 2.24) is 15.5 Å². The molecule has 0 aliphatic carbocycles. The van der Waals surface area contributed by atoms with Crippen LogP contribution in [0.3, 0.4) is 0 Å². The first-order valence-electron chi connectivity index (χ1n) is 8.56. The number of carbonyl (C=O) groups excluding carboxylic acids is 1. The van der Waals surface area contributed by atoms with Gasteiger partial charge in [0.2, 0.25) is 5.91 Å². The van der Waals surface area contributed by atoms with Crippen molar-refractivity contribution < 1.29 is 9.21 Å². The lowest BCUT2D eigenvalue weighted by Crippen LogP contribution is -2.40. The average molecular weight is 334 g/mol. The van der Waals surface area contributed by atoms with Gasteiger partial charge in [0, 0.05) is 20.1 Å². The molecule has 1 aromatic rings. The Balaban J connectivity index is 2.36. The molecule has 0 spiro atoms. The Morgan fingerprint density at radius 2 is 2.21 bits per heavy atom. The lowest BCUT2D eigenvalue weighted by atomic mass is 10.2. The molecule has 0 bridgehead atoms. The maximum atomic E-state index is 11.9. The van der Waals surface area contributed by atoms with E-state index in [4.69, 9.17) is 4.42 Å². The van der Waals surface area contributed by atoms with E-state index in [9.17, 15) is 4.79 Å². The third-order valence-corrected chi connectivity index (χ3v) is 3.51. The Morgan fingerprint density at radius 1 is 1.38 bits per heavy atom. The zero-order valence-corrected chi connectivity index (χ0v) is 14.9. The number of furan rings is 1. The molecule has 0 aliphatic heterocycles. The Morgan fingerprint density at radius 3 is 2.88 bits per heavy atom. The smallest absolute Gasteiger partial charge is 0.242 e. The average Bonchev–Trinajstić information content (AvgIpc) is 3.09. The van der Waals surface area contributed by atoms with Crippen LogP contribution in [0.1, 0.15) is 38.4 Å². The molecule has 1 amide bonds. The molecular weight excluding hydrogens is 304 g/mol. The Labute approximate surface area is 145 Å². The van der Waals surface area contributed by atoms with E-state index < -0.39 is 0 Å². The second kappa shape index (κ2) is 12.2. The standard InChI is InChI=1S/C18H30N4O2/c1-4-6-7-8-9-12-22(3)18(19-5-2)21-15-17(23)20-14-16-11-10-13-24-16/h4,10-11,13H,1,5-9,12,14-15H2,2-3H3,(H,19,21)(H,20,23). The van der Waals surface area contributed by atoms with Gasteiger partial charge in [-0.1, -0.05) is 12.5 Å². The predicted molar refractivity (Wildman–Crippen MR) is 97.8 cm³/mol. The van der Waals surface area contributed by atoms with Crippen molar-refractivity contribution in [2.45, 2.75) is 39.2 Å². The van der Waals surface area contributed by atoms with Crippen LogP contribution in [-0.4, -0.2) is 43.4 Å². The topological polar surface area (TPSA) is 69.9 Å². The van der Waals surface area contributed by atoms with Gasteiger partial charge in [-0.05, 0) is 38.3 Å². The number of nitrogens with one attached hydrogen (secondary N) is 2. The first kappa shape index (κ1) is 19.8. The number of hydrogen-bond acceptors (Lipinski definition) is 3. The van der Waals surface area contributed by atoms with Gasteiger partial charge < -0.3 is 20.0 Å². The summed E-state index contributed by atoms with van der Waals surface area (Å²) in [4.78, 5) is 18.4. The fourth-order valence-electron chi connectivity index (χ4n) is 2.19. The molecule has 24 heavy (non-hydrogen) atoms. The van der Waals surface area contributed by atoms with Crippen molar-refractivity contribution in [3.8, 4) is 0 Å². The number of rotatable bonds is 11. The zero-order chi connectivity index (χ0) is 17.6. The highest BCUT2D eigenvalue weighted by atomic mass is 16.3. The number of aliphatic imine (C=N–C) groups is 1. The molecule has 0 fully saturated rings. The summed E-state index contributed by atoms with van der Waals surface area (Å²) in [6.07, 6.45) is 8.04. The zero-order valence-electron chi connectivity index (χ0n) is 14.9. The first-order chi connectivity index (χ1) is 11.7. The molecule has 0 saturated carbocycles. The maximum absolute atomic E-state index is 11.9. The van der Waals surface area contributed by atoms with E-state index in [2.05, 4.69) is 27.1 Å². The highest BCUT2D eigenvalue weighted by Crippen LogP contribution is 2.02. The monoisotopic (exact) mass is 334 g/mol. The van der Waals surface area contributed by atoms with Gasteiger partial charge >= 0.3 is 0 Å². The van der Waals surface area contributed by atoms with Crippen molar-refractivity contribution in [1.29, 1.82) is 0 Å². The van der Waals surface area contributed by atoms with E-state index in [1.54, 1.807) is 12.3 Å². The molecule has 0 unspecified atom stereocenters. The summed E-state index contributed by atoms with van der Waals surface area (Å²) in [5, 5.41) is 6.01. The minimum atomic E-state index is -0.124. The number of carbonyl (C=O) groups is 1. The van der Waals surface area contributed by atoms with Crippen molar-refractivity contribution in [3.05, 3.63) is 36.8 Å². The summed E-state index contributed by atoms with van der Waals surface area (Å²) in [5.74, 6) is 1.37. The molecule has 134 valence electrons. The van der Waals surface area contributed by atoms with Crippen LogP contribution in [0.25, 0.3) is 0 Å². The molecular formula is C18H30N4O2. The molecule has 6 nitrogen and oxygen atoms in total. The Kier molecular flexibility index (Phi) is 10.1. The predicted octanol–water partition coefficient (Wildman–Crippen LogP) is 2.54. The van der Waals surface area contributed by atoms with Crippen LogP contribution < -0.4 is 10.6 Å². The van der Waals surface area contributed by atoms with Gasteiger partial charge in [0.1, 0.15) is 12.3 Å². The lowest BCUT2D eigenvalue weighted by Gasteiger charge is -2.21. The van der Waals surface area contributed by atoms with Gasteiger partial charge in [0.25, 0.3) is 0 Å². The number of guanidine groups is 1. The molecule has 0 aliphatic rings. The summed E-state index contributed by atoms with van der Waals surface area (Å²) in [6, 6.07) is 3.63. The van der Waals surface area contributed by atoms with Crippen LogP contribution in [0.2, 0.25) is 0 Å². The Bertz CT molecular complexity index is 497. The molecule has 1 rings (SSSR count). The molecule has 0 saturated heterocycles. The van der Waals surface area contributed by atoms with E-state index in [1.807, 2.05) is 26.1 Å². The normalized spacial score (nSPS) is 11.2. The van der Waals surface area contributed by atoms with Crippen LogP contribution >= 0.6 is 0 Å². The maximum Gasteiger partial charge on any atom is 0.242 e. The van der Waals surface area contributed by atoms with Gasteiger partial charge in [0.15, 0.2) is 5.96 Å². The summed E-state index contributed by atoms with van der Waals surface area (Å²) in [6.45, 7) is 7.93. The number of hydrogen-bond donors (Lipinski definition) is 2. The van der Waals surface area contributed by atoms with Crippen molar-refractivity contribution >= 4 is 11.9 Å². The number of allylic oxidation sites excluding steroid dienone is 1. The highest BCUT2D eigenvalue weighted by molar-refractivity contribution is 5.84. The minimum absolute atomic E-state index is 0.101. The Hall–Kier alpha value is -2.24. The van der Waals surface area contributed by atoms with Crippen molar-refractivity contribution in [2.24, 2.45) is 4.99 Å². The van der Waals surface area contributed by atoms with Crippen LogP contribution in [-0.2, 0) is 11.3 Å². The quantitative estimate of drug-likeness (QED) is 0.282. The van der Waals surface area contributed by atoms with Crippen molar-refractivity contribution in [2.75, 3.05) is 26.7 Å². The minimum Gasteiger partial charge on any atom is -0.467 e. The van der Waals surface area contributed by atoms with Crippen LogP contribution in [0.5, 0.6) is 0 Å². The second-order valence-corrected chi connectivity index (χ2v) is 5.59. The van der Waals surface area contributed by atoms with Crippen molar-refractivity contribution in [3.63, 3.8) is 0 Å². The van der Waals surface area contributed by atoms with Gasteiger partial charge in [-0.3, -0.25) is 4.79 Å². The van der Waals surface area contributed by atoms with Gasteiger partial charge in [-0.15, -0.1) is 6.58 Å². The molecule has 2 N–H and O–H groups in total. The van der Waals surface area contributed by atoms with Gasteiger partial charge in [0.05, 0.1) is 12.8 Å². The summed E-state index contributed by atoms with van der Waals surface area (Å²) in [5.41, 5.74) is 0. The summed E-state index contributed by atoms with van der Waals surface area (Å²) in [7, 11) is 2.00. The van der Waals surface area contributed by atoms with E-state index in [-0.39, 0.29) is 12.5 Å². The van der Waals surface area contributed by atoms with Crippen LogP contribution in [0.15, 0.2) is 40.5 Å².